The first-order valence-corrected chi connectivity index (χ1v) is 5.81. The van der Waals surface area contributed by atoms with Gasteiger partial charge >= 0.3 is 6.18 Å². The highest BCUT2D eigenvalue weighted by Gasteiger charge is 2.25. The van der Waals surface area contributed by atoms with E-state index in [0.29, 0.717) is 12.3 Å². The summed E-state index contributed by atoms with van der Waals surface area (Å²) in [7, 11) is 1.53. The molecule has 0 spiro atoms. The third-order valence-corrected chi connectivity index (χ3v) is 2.64. The monoisotopic (exact) mass is 311 g/mol. The summed E-state index contributed by atoms with van der Waals surface area (Å²) in [6, 6.07) is 5.41. The summed E-state index contributed by atoms with van der Waals surface area (Å²) in [5.41, 5.74) is 0.823. The van der Waals surface area contributed by atoms with Crippen LogP contribution in [-0.4, -0.2) is 19.8 Å². The molecule has 0 heterocycles. The van der Waals surface area contributed by atoms with Crippen LogP contribution in [0.5, 0.6) is 5.75 Å². The molecule has 0 aliphatic carbocycles. The van der Waals surface area contributed by atoms with Gasteiger partial charge in [0.2, 0.25) is 0 Å². The number of nitrogens with one attached hydrogen (secondary N) is 1. The number of ether oxygens (including phenoxy) is 1. The molecule has 1 aromatic rings. The van der Waals surface area contributed by atoms with Gasteiger partial charge < -0.3 is 10.1 Å². The SMILES string of the molecule is COc1ccc(Br)cc1CNCCC(F)(F)F. The molecule has 0 bridgehead atoms. The van der Waals surface area contributed by atoms with Gasteiger partial charge in [-0.25, -0.2) is 0 Å². The predicted molar refractivity (Wildman–Crippen MR) is 63.1 cm³/mol. The maximum atomic E-state index is 11.9. The fourth-order valence-corrected chi connectivity index (χ4v) is 1.75. The fourth-order valence-electron chi connectivity index (χ4n) is 1.34. The second kappa shape index (κ2) is 6.26. The maximum absolute atomic E-state index is 11.9. The molecular formula is C11H13BrF3NO. The van der Waals surface area contributed by atoms with Crippen LogP contribution in [0.1, 0.15) is 12.0 Å². The molecule has 0 atom stereocenters. The third-order valence-electron chi connectivity index (χ3n) is 2.14. The van der Waals surface area contributed by atoms with Crippen LogP contribution in [0.25, 0.3) is 0 Å². The lowest BCUT2D eigenvalue weighted by atomic mass is 10.2. The molecule has 2 nitrogen and oxygen atoms in total. The van der Waals surface area contributed by atoms with E-state index in [1.807, 2.05) is 12.1 Å². The number of alkyl halides is 3. The second-order valence-electron chi connectivity index (χ2n) is 3.50. The van der Waals surface area contributed by atoms with Crippen LogP contribution < -0.4 is 10.1 Å². The molecule has 0 saturated carbocycles. The van der Waals surface area contributed by atoms with E-state index >= 15 is 0 Å². The van der Waals surface area contributed by atoms with Gasteiger partial charge in [0.05, 0.1) is 13.5 Å². The summed E-state index contributed by atoms with van der Waals surface area (Å²) in [6.07, 6.45) is -4.95. The number of hydrogen-bond donors (Lipinski definition) is 1. The quantitative estimate of drug-likeness (QED) is 0.840. The van der Waals surface area contributed by atoms with E-state index in [4.69, 9.17) is 4.74 Å². The molecule has 0 fully saturated rings. The number of benzene rings is 1. The highest BCUT2D eigenvalue weighted by molar-refractivity contribution is 9.10. The minimum Gasteiger partial charge on any atom is -0.496 e. The second-order valence-corrected chi connectivity index (χ2v) is 4.41. The Hall–Kier alpha value is -0.750. The Morgan fingerprint density at radius 2 is 2.06 bits per heavy atom. The van der Waals surface area contributed by atoms with Gasteiger partial charge in [-0.1, -0.05) is 15.9 Å². The molecule has 1 rings (SSSR count). The van der Waals surface area contributed by atoms with E-state index in [-0.39, 0.29) is 6.54 Å². The van der Waals surface area contributed by atoms with Gasteiger partial charge in [0.1, 0.15) is 5.75 Å². The summed E-state index contributed by atoms with van der Waals surface area (Å²) >= 11 is 3.30. The molecule has 0 aliphatic heterocycles. The third kappa shape index (κ3) is 5.41. The van der Waals surface area contributed by atoms with Crippen LogP contribution in [0.2, 0.25) is 0 Å². The van der Waals surface area contributed by atoms with Crippen molar-refractivity contribution in [2.75, 3.05) is 13.7 Å². The first-order valence-electron chi connectivity index (χ1n) is 5.02. The van der Waals surface area contributed by atoms with Crippen molar-refractivity contribution in [3.05, 3.63) is 28.2 Å². The molecule has 96 valence electrons. The first kappa shape index (κ1) is 14.3. The molecule has 1 N–H and O–H groups in total. The van der Waals surface area contributed by atoms with Crippen molar-refractivity contribution in [2.24, 2.45) is 0 Å². The van der Waals surface area contributed by atoms with Gasteiger partial charge in [-0.15, -0.1) is 0 Å². The maximum Gasteiger partial charge on any atom is 0.390 e. The van der Waals surface area contributed by atoms with E-state index in [0.717, 1.165) is 10.0 Å². The minimum atomic E-state index is -4.12. The summed E-state index contributed by atoms with van der Waals surface area (Å²) < 4.78 is 41.7. The lowest BCUT2D eigenvalue weighted by Gasteiger charge is -2.11. The van der Waals surface area contributed by atoms with Crippen molar-refractivity contribution >= 4 is 15.9 Å². The molecular weight excluding hydrogens is 299 g/mol. The summed E-state index contributed by atoms with van der Waals surface area (Å²) in [6.45, 7) is 0.248. The zero-order chi connectivity index (χ0) is 12.9. The lowest BCUT2D eigenvalue weighted by molar-refractivity contribution is -0.133. The average Bonchev–Trinajstić information content (AvgIpc) is 2.23. The Labute approximate surface area is 106 Å². The lowest BCUT2D eigenvalue weighted by Crippen LogP contribution is -2.21. The molecule has 0 amide bonds. The molecule has 6 heteroatoms. The smallest absolute Gasteiger partial charge is 0.390 e. The van der Waals surface area contributed by atoms with E-state index in [9.17, 15) is 13.2 Å². The molecule has 0 saturated heterocycles. The van der Waals surface area contributed by atoms with Gasteiger partial charge in [0.25, 0.3) is 0 Å². The molecule has 0 unspecified atom stereocenters. The van der Waals surface area contributed by atoms with Crippen LogP contribution in [0.15, 0.2) is 22.7 Å². The highest BCUT2D eigenvalue weighted by atomic mass is 79.9. The first-order chi connectivity index (χ1) is 7.92. The topological polar surface area (TPSA) is 21.3 Å². The zero-order valence-electron chi connectivity index (χ0n) is 9.27. The number of rotatable bonds is 5. The Morgan fingerprint density at radius 1 is 1.35 bits per heavy atom. The van der Waals surface area contributed by atoms with E-state index in [2.05, 4.69) is 21.2 Å². The largest absolute Gasteiger partial charge is 0.496 e. The van der Waals surface area contributed by atoms with Crippen molar-refractivity contribution < 1.29 is 17.9 Å². The Bertz CT molecular complexity index is 368. The van der Waals surface area contributed by atoms with Crippen molar-refractivity contribution in [1.82, 2.24) is 5.32 Å². The Kier molecular flexibility index (Phi) is 5.27. The summed E-state index contributed by atoms with van der Waals surface area (Å²) in [4.78, 5) is 0. The standard InChI is InChI=1S/C11H13BrF3NO/c1-17-10-3-2-9(12)6-8(10)7-16-5-4-11(13,14)15/h2-3,6,16H,4-5,7H2,1H3. The van der Waals surface area contributed by atoms with Gasteiger partial charge in [-0.2, -0.15) is 13.2 Å². The van der Waals surface area contributed by atoms with Crippen LogP contribution in [-0.2, 0) is 6.54 Å². The normalized spacial score (nSPS) is 11.6. The van der Waals surface area contributed by atoms with E-state index in [1.54, 1.807) is 6.07 Å². The van der Waals surface area contributed by atoms with Gasteiger partial charge in [0, 0.05) is 23.1 Å². The number of hydrogen-bond acceptors (Lipinski definition) is 2. The summed E-state index contributed by atoms with van der Waals surface area (Å²) in [5, 5.41) is 2.74. The summed E-state index contributed by atoms with van der Waals surface area (Å²) in [5.74, 6) is 0.660. The Morgan fingerprint density at radius 3 is 2.65 bits per heavy atom. The van der Waals surface area contributed by atoms with Crippen LogP contribution in [0.4, 0.5) is 13.2 Å². The van der Waals surface area contributed by atoms with Crippen LogP contribution >= 0.6 is 15.9 Å². The van der Waals surface area contributed by atoms with Crippen LogP contribution in [0, 0.1) is 0 Å². The molecule has 0 radical (unpaired) electrons. The van der Waals surface area contributed by atoms with Gasteiger partial charge in [-0.05, 0) is 18.2 Å². The van der Waals surface area contributed by atoms with Crippen molar-refractivity contribution in [3.63, 3.8) is 0 Å². The zero-order valence-corrected chi connectivity index (χ0v) is 10.9. The molecule has 0 aliphatic rings. The highest BCUT2D eigenvalue weighted by Crippen LogP contribution is 2.23. The average molecular weight is 312 g/mol. The van der Waals surface area contributed by atoms with Gasteiger partial charge in [-0.3, -0.25) is 0 Å². The van der Waals surface area contributed by atoms with E-state index in [1.165, 1.54) is 7.11 Å². The number of halogens is 4. The molecule has 0 aromatic heterocycles. The van der Waals surface area contributed by atoms with Crippen molar-refractivity contribution in [2.45, 2.75) is 19.1 Å². The fraction of sp³-hybridized carbons (Fsp3) is 0.455. The van der Waals surface area contributed by atoms with Crippen molar-refractivity contribution in [3.8, 4) is 5.75 Å². The van der Waals surface area contributed by atoms with Gasteiger partial charge in [0.15, 0.2) is 0 Å². The molecule has 17 heavy (non-hydrogen) atoms. The predicted octanol–water partition coefficient (Wildman–Crippen LogP) is 3.50. The number of methoxy groups -OCH3 is 1. The van der Waals surface area contributed by atoms with Crippen LogP contribution in [0.3, 0.4) is 0 Å². The Balaban J connectivity index is 2.48. The minimum absolute atomic E-state index is 0.0980. The molecule has 1 aromatic carbocycles. The van der Waals surface area contributed by atoms with Crippen molar-refractivity contribution in [1.29, 1.82) is 0 Å². The van der Waals surface area contributed by atoms with E-state index < -0.39 is 12.6 Å².